The lowest BCUT2D eigenvalue weighted by Crippen LogP contribution is -2.14. The second-order valence-corrected chi connectivity index (χ2v) is 4.74. The van der Waals surface area contributed by atoms with E-state index < -0.39 is 0 Å². The Kier molecular flexibility index (Phi) is 4.65. The van der Waals surface area contributed by atoms with Gasteiger partial charge in [0.05, 0.1) is 6.61 Å². The first-order chi connectivity index (χ1) is 8.38. The van der Waals surface area contributed by atoms with E-state index in [4.69, 9.17) is 4.74 Å². The number of hydrogen-bond donors (Lipinski definition) is 1. The summed E-state index contributed by atoms with van der Waals surface area (Å²) < 4.78 is 5.75. The molecule has 17 heavy (non-hydrogen) atoms. The first-order valence-electron chi connectivity index (χ1n) is 6.71. The van der Waals surface area contributed by atoms with Gasteiger partial charge in [-0.05, 0) is 24.8 Å². The molecular weight excluding hydrogens is 212 g/mol. The summed E-state index contributed by atoms with van der Waals surface area (Å²) in [5.74, 6) is 2.75. The molecule has 0 aromatic carbocycles. The number of pyridine rings is 1. The van der Waals surface area contributed by atoms with Crippen LogP contribution >= 0.6 is 0 Å². The van der Waals surface area contributed by atoms with E-state index in [1.807, 2.05) is 12.1 Å². The Labute approximate surface area is 104 Å². The molecule has 1 saturated carbocycles. The summed E-state index contributed by atoms with van der Waals surface area (Å²) in [5.41, 5.74) is 0. The second-order valence-electron chi connectivity index (χ2n) is 4.74. The van der Waals surface area contributed by atoms with Gasteiger partial charge < -0.3 is 10.1 Å². The third kappa shape index (κ3) is 3.91. The van der Waals surface area contributed by atoms with Crippen LogP contribution in [-0.2, 0) is 0 Å². The molecule has 1 aliphatic carbocycles. The van der Waals surface area contributed by atoms with E-state index in [9.17, 15) is 0 Å². The van der Waals surface area contributed by atoms with Crippen molar-refractivity contribution in [2.24, 2.45) is 5.92 Å². The maximum Gasteiger partial charge on any atom is 0.129 e. The van der Waals surface area contributed by atoms with Crippen molar-refractivity contribution in [2.45, 2.75) is 39.0 Å². The summed E-state index contributed by atoms with van der Waals surface area (Å²) in [5, 5.41) is 3.27. The molecule has 0 radical (unpaired) electrons. The highest BCUT2D eigenvalue weighted by Crippen LogP contribution is 2.29. The standard InChI is InChI=1S/C14H22N2O/c1-2-8-15-14-11-13(6-9-16-14)17-10-7-12-4-3-5-12/h6,9,11-12H,2-5,7-8,10H2,1H3,(H,15,16). The van der Waals surface area contributed by atoms with Crippen molar-refractivity contribution in [2.75, 3.05) is 18.5 Å². The van der Waals surface area contributed by atoms with Crippen molar-refractivity contribution in [1.29, 1.82) is 0 Å². The summed E-state index contributed by atoms with van der Waals surface area (Å²) in [6.45, 7) is 3.94. The van der Waals surface area contributed by atoms with E-state index in [2.05, 4.69) is 17.2 Å². The fourth-order valence-corrected chi connectivity index (χ4v) is 1.98. The van der Waals surface area contributed by atoms with Crippen LogP contribution in [0, 0.1) is 5.92 Å². The molecule has 1 aromatic rings. The monoisotopic (exact) mass is 234 g/mol. The molecule has 0 bridgehead atoms. The molecule has 3 heteroatoms. The van der Waals surface area contributed by atoms with Gasteiger partial charge in [0.1, 0.15) is 11.6 Å². The molecule has 1 aliphatic rings. The predicted molar refractivity (Wildman–Crippen MR) is 70.5 cm³/mol. The minimum atomic E-state index is 0.835. The number of rotatable bonds is 7. The minimum absolute atomic E-state index is 0.835. The molecule has 0 aliphatic heterocycles. The van der Waals surface area contributed by atoms with Crippen molar-refractivity contribution >= 4 is 5.82 Å². The maximum atomic E-state index is 5.75. The third-order valence-electron chi connectivity index (χ3n) is 3.31. The quantitative estimate of drug-likeness (QED) is 0.784. The molecule has 0 saturated heterocycles. The summed E-state index contributed by atoms with van der Waals surface area (Å²) in [4.78, 5) is 4.26. The van der Waals surface area contributed by atoms with E-state index in [0.29, 0.717) is 0 Å². The largest absolute Gasteiger partial charge is 0.493 e. The fraction of sp³-hybridized carbons (Fsp3) is 0.643. The molecule has 0 spiro atoms. The molecule has 1 N–H and O–H groups in total. The number of nitrogens with one attached hydrogen (secondary N) is 1. The molecule has 0 unspecified atom stereocenters. The Morgan fingerprint density at radius 2 is 2.35 bits per heavy atom. The normalized spacial score (nSPS) is 15.4. The van der Waals surface area contributed by atoms with Crippen LogP contribution in [0.3, 0.4) is 0 Å². The minimum Gasteiger partial charge on any atom is -0.493 e. The van der Waals surface area contributed by atoms with Crippen LogP contribution in [0.15, 0.2) is 18.3 Å². The average molecular weight is 234 g/mol. The zero-order valence-corrected chi connectivity index (χ0v) is 10.6. The zero-order chi connectivity index (χ0) is 11.9. The average Bonchev–Trinajstić information content (AvgIpc) is 2.30. The number of ether oxygens (including phenoxy) is 1. The van der Waals surface area contributed by atoms with Gasteiger partial charge >= 0.3 is 0 Å². The smallest absolute Gasteiger partial charge is 0.129 e. The van der Waals surface area contributed by atoms with Crippen LogP contribution in [0.5, 0.6) is 5.75 Å². The van der Waals surface area contributed by atoms with Gasteiger partial charge in [-0.3, -0.25) is 0 Å². The Balaban J connectivity index is 1.74. The number of hydrogen-bond acceptors (Lipinski definition) is 3. The molecule has 1 aromatic heterocycles. The van der Waals surface area contributed by atoms with Crippen LogP contribution in [0.4, 0.5) is 5.82 Å². The van der Waals surface area contributed by atoms with Crippen LogP contribution in [0.1, 0.15) is 39.0 Å². The van der Waals surface area contributed by atoms with Crippen molar-refractivity contribution in [3.8, 4) is 5.75 Å². The van der Waals surface area contributed by atoms with Gasteiger partial charge in [0, 0.05) is 18.8 Å². The summed E-state index contributed by atoms with van der Waals surface area (Å²) >= 11 is 0. The topological polar surface area (TPSA) is 34.1 Å². The Morgan fingerprint density at radius 1 is 1.47 bits per heavy atom. The van der Waals surface area contributed by atoms with Gasteiger partial charge in [0.25, 0.3) is 0 Å². The molecule has 2 rings (SSSR count). The van der Waals surface area contributed by atoms with Gasteiger partial charge in [0.15, 0.2) is 0 Å². The first-order valence-corrected chi connectivity index (χ1v) is 6.71. The van der Waals surface area contributed by atoms with Gasteiger partial charge in [-0.2, -0.15) is 0 Å². The van der Waals surface area contributed by atoms with Crippen LogP contribution in [-0.4, -0.2) is 18.1 Å². The Bertz CT molecular complexity index is 337. The zero-order valence-electron chi connectivity index (χ0n) is 10.6. The van der Waals surface area contributed by atoms with Gasteiger partial charge in [0.2, 0.25) is 0 Å². The van der Waals surface area contributed by atoms with E-state index in [0.717, 1.165) is 37.1 Å². The molecule has 3 nitrogen and oxygen atoms in total. The second kappa shape index (κ2) is 6.48. The van der Waals surface area contributed by atoms with Crippen molar-refractivity contribution in [1.82, 2.24) is 4.98 Å². The SMILES string of the molecule is CCCNc1cc(OCCC2CCC2)ccn1. The molecule has 0 atom stereocenters. The summed E-state index contributed by atoms with van der Waals surface area (Å²) in [7, 11) is 0. The summed E-state index contributed by atoms with van der Waals surface area (Å²) in [6.07, 6.45) is 8.29. The van der Waals surface area contributed by atoms with Crippen LogP contribution < -0.4 is 10.1 Å². The van der Waals surface area contributed by atoms with Crippen molar-refractivity contribution < 1.29 is 4.74 Å². The predicted octanol–water partition coefficient (Wildman–Crippen LogP) is 3.47. The van der Waals surface area contributed by atoms with Crippen molar-refractivity contribution in [3.63, 3.8) is 0 Å². The molecular formula is C14H22N2O. The van der Waals surface area contributed by atoms with E-state index in [1.54, 1.807) is 6.20 Å². The Morgan fingerprint density at radius 3 is 3.06 bits per heavy atom. The molecule has 94 valence electrons. The maximum absolute atomic E-state index is 5.75. The van der Waals surface area contributed by atoms with Crippen molar-refractivity contribution in [3.05, 3.63) is 18.3 Å². The number of aromatic nitrogens is 1. The lowest BCUT2D eigenvalue weighted by atomic mass is 9.83. The van der Waals surface area contributed by atoms with E-state index in [-0.39, 0.29) is 0 Å². The third-order valence-corrected chi connectivity index (χ3v) is 3.31. The first kappa shape index (κ1) is 12.2. The lowest BCUT2D eigenvalue weighted by Gasteiger charge is -2.24. The highest BCUT2D eigenvalue weighted by molar-refractivity contribution is 5.40. The van der Waals surface area contributed by atoms with Gasteiger partial charge in [-0.15, -0.1) is 0 Å². The van der Waals surface area contributed by atoms with Gasteiger partial charge in [-0.1, -0.05) is 26.2 Å². The van der Waals surface area contributed by atoms with Gasteiger partial charge in [-0.25, -0.2) is 4.98 Å². The molecule has 1 heterocycles. The van der Waals surface area contributed by atoms with Crippen LogP contribution in [0.2, 0.25) is 0 Å². The van der Waals surface area contributed by atoms with E-state index >= 15 is 0 Å². The number of nitrogens with zero attached hydrogens (tertiary/aromatic N) is 1. The van der Waals surface area contributed by atoms with E-state index in [1.165, 1.54) is 25.7 Å². The van der Waals surface area contributed by atoms with Crippen LogP contribution in [0.25, 0.3) is 0 Å². The lowest BCUT2D eigenvalue weighted by molar-refractivity contribution is 0.222. The number of anilines is 1. The fourth-order valence-electron chi connectivity index (χ4n) is 1.98. The Hall–Kier alpha value is -1.25. The highest BCUT2D eigenvalue weighted by atomic mass is 16.5. The molecule has 0 amide bonds. The highest BCUT2D eigenvalue weighted by Gasteiger charge is 2.16. The molecule has 1 fully saturated rings. The summed E-state index contributed by atoms with van der Waals surface area (Å²) in [6, 6.07) is 3.91.